The van der Waals surface area contributed by atoms with Crippen LogP contribution in [0.4, 0.5) is 0 Å². The average molecular weight is 286 g/mol. The molecule has 0 heterocycles. The van der Waals surface area contributed by atoms with Crippen molar-refractivity contribution in [2.24, 2.45) is 0 Å². The molecule has 0 saturated heterocycles. The summed E-state index contributed by atoms with van der Waals surface area (Å²) in [4.78, 5) is 51.3. The van der Waals surface area contributed by atoms with Gasteiger partial charge in [0.15, 0.2) is 0 Å². The van der Waals surface area contributed by atoms with Gasteiger partial charge in [-0.05, 0) is 0 Å². The van der Waals surface area contributed by atoms with Crippen LogP contribution in [-0.2, 0) is 30.2 Å². The standard InChI is InChI=1S/Mo.2H3O4P/c;2*1-5(2,3)4/h;2*(H3,1,2,3,4)/p-6. The van der Waals surface area contributed by atoms with E-state index in [-0.39, 0.29) is 21.1 Å². The fourth-order valence-corrected chi connectivity index (χ4v) is 0. The van der Waals surface area contributed by atoms with Crippen molar-refractivity contribution < 1.29 is 59.6 Å². The van der Waals surface area contributed by atoms with Crippen molar-refractivity contribution in [1.82, 2.24) is 0 Å². The third-order valence-corrected chi connectivity index (χ3v) is 0. The van der Waals surface area contributed by atoms with Gasteiger partial charge in [0.25, 0.3) is 0 Å². The van der Waals surface area contributed by atoms with Crippen molar-refractivity contribution in [3.8, 4) is 0 Å². The number of rotatable bonds is 0. The molecule has 0 aromatic rings. The summed E-state index contributed by atoms with van der Waals surface area (Å²) in [6, 6.07) is 0. The second-order valence-corrected chi connectivity index (χ2v) is 2.68. The number of phosphoric acid groups is 2. The minimum Gasteiger partial charge on any atom is -0.822 e. The van der Waals surface area contributed by atoms with Gasteiger partial charge in [-0.1, -0.05) is 0 Å². The van der Waals surface area contributed by atoms with Crippen molar-refractivity contribution in [3.63, 3.8) is 0 Å². The van der Waals surface area contributed by atoms with Gasteiger partial charge in [0.2, 0.25) is 0 Å². The van der Waals surface area contributed by atoms with E-state index in [4.69, 9.17) is 38.5 Å². The first-order valence-electron chi connectivity index (χ1n) is 1.46. The first-order valence-corrected chi connectivity index (χ1v) is 4.38. The zero-order valence-electron chi connectivity index (χ0n) is 4.57. The monoisotopic (exact) mass is 288 g/mol. The van der Waals surface area contributed by atoms with E-state index in [9.17, 15) is 0 Å². The Morgan fingerprint density at radius 2 is 0.636 bits per heavy atom. The molecule has 8 nitrogen and oxygen atoms in total. The molecule has 0 amide bonds. The molecule has 11 heteroatoms. The van der Waals surface area contributed by atoms with Crippen molar-refractivity contribution >= 4 is 15.6 Å². The first kappa shape index (κ1) is 17.9. The Morgan fingerprint density at radius 1 is 0.636 bits per heavy atom. The van der Waals surface area contributed by atoms with E-state index >= 15 is 0 Å². The summed E-state index contributed by atoms with van der Waals surface area (Å²) in [5.41, 5.74) is 0. The maximum Gasteiger partial charge on any atom is 0 e. The van der Waals surface area contributed by atoms with Gasteiger partial charge < -0.3 is 38.5 Å². The Kier molecular flexibility index (Phi) is 10.4. The predicted molar refractivity (Wildman–Crippen MR) is 15.2 cm³/mol. The molecule has 0 aliphatic heterocycles. The van der Waals surface area contributed by atoms with Crippen molar-refractivity contribution in [1.29, 1.82) is 0 Å². The van der Waals surface area contributed by atoms with Crippen LogP contribution in [0.1, 0.15) is 0 Å². The molecule has 0 fully saturated rings. The summed E-state index contributed by atoms with van der Waals surface area (Å²) in [5.74, 6) is 0. The van der Waals surface area contributed by atoms with Gasteiger partial charge in [0.1, 0.15) is 0 Å². The first-order chi connectivity index (χ1) is 4.00. The third-order valence-electron chi connectivity index (χ3n) is 0. The molecule has 0 radical (unpaired) electrons. The topological polar surface area (TPSA) is 172 Å². The van der Waals surface area contributed by atoms with Crippen LogP contribution in [0.5, 0.6) is 0 Å². The van der Waals surface area contributed by atoms with E-state index < -0.39 is 15.6 Å². The van der Waals surface area contributed by atoms with Gasteiger partial charge in [-0.2, -0.15) is 15.6 Å². The van der Waals surface area contributed by atoms with Gasteiger partial charge in [-0.15, -0.1) is 0 Å². The van der Waals surface area contributed by atoms with Crippen LogP contribution < -0.4 is 29.4 Å². The summed E-state index contributed by atoms with van der Waals surface area (Å²) in [6.45, 7) is 0. The molecule has 0 unspecified atom stereocenters. The van der Waals surface area contributed by atoms with Crippen LogP contribution >= 0.6 is 15.6 Å². The summed E-state index contributed by atoms with van der Waals surface area (Å²) in [6.07, 6.45) is 0. The van der Waals surface area contributed by atoms with E-state index in [0.29, 0.717) is 0 Å². The minimum absolute atomic E-state index is 0. The normalized spacial score (nSPS) is 10.7. The number of hydrogen-bond acceptors (Lipinski definition) is 8. The van der Waals surface area contributed by atoms with E-state index in [1.807, 2.05) is 0 Å². The quantitative estimate of drug-likeness (QED) is 0.313. The van der Waals surface area contributed by atoms with Crippen molar-refractivity contribution in [2.75, 3.05) is 0 Å². The molecule has 11 heavy (non-hydrogen) atoms. The summed E-state index contributed by atoms with van der Waals surface area (Å²) in [7, 11) is -10.8. The van der Waals surface area contributed by atoms with Gasteiger partial charge in [0.05, 0.1) is 0 Å². The Bertz CT molecular complexity index is 124. The van der Waals surface area contributed by atoms with Crippen molar-refractivity contribution in [2.45, 2.75) is 0 Å². The smallest absolute Gasteiger partial charge is 0 e. The molecule has 0 bridgehead atoms. The Labute approximate surface area is 75.6 Å². The van der Waals surface area contributed by atoms with Gasteiger partial charge in [-0.3, -0.25) is 0 Å². The molecule has 0 N–H and O–H groups in total. The maximum absolute atomic E-state index is 8.55. The Morgan fingerprint density at radius 3 is 0.636 bits per heavy atom. The van der Waals surface area contributed by atoms with Gasteiger partial charge >= 0.3 is 0 Å². The van der Waals surface area contributed by atoms with Crippen LogP contribution in [0, 0.1) is 0 Å². The Balaban J connectivity index is -0.000000107. The molecule has 0 aliphatic carbocycles. The van der Waals surface area contributed by atoms with E-state index in [2.05, 4.69) is 0 Å². The predicted octanol–water partition coefficient (Wildman–Crippen LogP) is -5.65. The fourth-order valence-electron chi connectivity index (χ4n) is 0. The van der Waals surface area contributed by atoms with Crippen LogP contribution in [0.2, 0.25) is 0 Å². The van der Waals surface area contributed by atoms with Crippen LogP contribution in [0.25, 0.3) is 0 Å². The van der Waals surface area contributed by atoms with E-state index in [0.717, 1.165) is 0 Å². The zero-order valence-corrected chi connectivity index (χ0v) is 8.36. The molecule has 0 spiro atoms. The summed E-state index contributed by atoms with van der Waals surface area (Å²) >= 11 is 0. The summed E-state index contributed by atoms with van der Waals surface area (Å²) in [5, 5.41) is 0. The van der Waals surface area contributed by atoms with E-state index in [1.54, 1.807) is 0 Å². The SMILES string of the molecule is O=P([O-])([O-])[O-].O=P([O-])([O-])[O-].[Mo]. The second-order valence-electron chi connectivity index (χ2n) is 0.894. The molecule has 0 saturated carbocycles. The molecule has 0 aromatic heterocycles. The average Bonchev–Trinajstić information content (AvgIpc) is 1.12. The maximum atomic E-state index is 8.55. The third kappa shape index (κ3) is 1050. The van der Waals surface area contributed by atoms with Crippen LogP contribution in [-0.4, -0.2) is 0 Å². The molecule has 0 rings (SSSR count). The second kappa shape index (κ2) is 6.43. The number of hydrogen-bond donors (Lipinski definition) is 0. The largest absolute Gasteiger partial charge is 0.822 e. The summed E-state index contributed by atoms with van der Waals surface area (Å²) < 4.78 is 17.1. The Hall–Kier alpha value is 0.908. The molecule has 0 aliphatic rings. The molecule has 70 valence electrons. The molecule has 0 aromatic carbocycles. The fraction of sp³-hybridized carbons (Fsp3) is 0. The van der Waals surface area contributed by atoms with Crippen LogP contribution in [0.15, 0.2) is 0 Å². The van der Waals surface area contributed by atoms with Crippen LogP contribution in [0.3, 0.4) is 0 Å². The van der Waals surface area contributed by atoms with Gasteiger partial charge in [0, 0.05) is 21.1 Å². The van der Waals surface area contributed by atoms with E-state index in [1.165, 1.54) is 0 Å². The molecular weight excluding hydrogens is 286 g/mol. The van der Waals surface area contributed by atoms with Gasteiger partial charge in [-0.25, -0.2) is 0 Å². The zero-order chi connectivity index (χ0) is 9.00. The minimum atomic E-state index is -5.39. The molecule has 0 atom stereocenters. The molecular formula is MoO8P2-6. The van der Waals surface area contributed by atoms with Crippen molar-refractivity contribution in [3.05, 3.63) is 0 Å².